The predicted molar refractivity (Wildman–Crippen MR) is 153 cm³/mol. The summed E-state index contributed by atoms with van der Waals surface area (Å²) in [6, 6.07) is 22.3. The van der Waals surface area contributed by atoms with Gasteiger partial charge >= 0.3 is 11.8 Å². The number of nitrogens with one attached hydrogen (secondary N) is 2. The minimum Gasteiger partial charge on any atom is -0.490 e. The molecule has 0 unspecified atom stereocenters. The highest BCUT2D eigenvalue weighted by atomic mass is 16.5. The first kappa shape index (κ1) is 27.9. The van der Waals surface area contributed by atoms with E-state index in [4.69, 9.17) is 9.47 Å². The van der Waals surface area contributed by atoms with Crippen LogP contribution in [0.3, 0.4) is 0 Å². The second-order valence-corrected chi connectivity index (χ2v) is 9.01. The fourth-order valence-corrected chi connectivity index (χ4v) is 4.05. The van der Waals surface area contributed by atoms with Gasteiger partial charge in [-0.05, 0) is 62.2 Å². The van der Waals surface area contributed by atoms with Gasteiger partial charge in [0.1, 0.15) is 12.3 Å². The quantitative estimate of drug-likeness (QED) is 0.190. The van der Waals surface area contributed by atoms with E-state index < -0.39 is 17.4 Å². The molecule has 206 valence electrons. The number of para-hydroxylation sites is 1. The lowest BCUT2D eigenvalue weighted by Crippen LogP contribution is -2.34. The molecule has 4 aromatic rings. The van der Waals surface area contributed by atoms with Crippen molar-refractivity contribution in [1.82, 2.24) is 14.8 Å². The summed E-state index contributed by atoms with van der Waals surface area (Å²) in [5, 5.41) is 6.29. The largest absolute Gasteiger partial charge is 0.490 e. The summed E-state index contributed by atoms with van der Waals surface area (Å²) in [5.41, 5.74) is 5.68. The number of rotatable bonds is 9. The molecule has 0 saturated heterocycles. The summed E-state index contributed by atoms with van der Waals surface area (Å²) in [6.45, 7) is 6.39. The second-order valence-electron chi connectivity index (χ2n) is 9.01. The molecular weight excluding hydrogens is 510 g/mol. The van der Waals surface area contributed by atoms with Crippen molar-refractivity contribution in [2.24, 2.45) is 12.1 Å². The van der Waals surface area contributed by atoms with Crippen LogP contribution in [0.2, 0.25) is 0 Å². The fraction of sp³-hybridized carbons (Fsp3) is 0.200. The Labute approximate surface area is 231 Å². The molecule has 0 fully saturated rings. The maximum atomic E-state index is 13.0. The number of aryl methyl sites for hydroxylation is 1. The number of hydrogen-bond donors (Lipinski definition) is 2. The first-order valence-electron chi connectivity index (χ1n) is 12.7. The van der Waals surface area contributed by atoms with Gasteiger partial charge in [0.05, 0.1) is 24.2 Å². The maximum Gasteiger partial charge on any atom is 0.329 e. The molecule has 0 spiro atoms. The summed E-state index contributed by atoms with van der Waals surface area (Å²) >= 11 is 0. The molecule has 10 nitrogen and oxygen atoms in total. The molecule has 0 aliphatic carbocycles. The molecule has 0 aliphatic heterocycles. The van der Waals surface area contributed by atoms with Crippen LogP contribution in [0.15, 0.2) is 82.7 Å². The second kappa shape index (κ2) is 12.6. The molecule has 0 atom stereocenters. The van der Waals surface area contributed by atoms with Gasteiger partial charge in [0.15, 0.2) is 11.5 Å². The van der Waals surface area contributed by atoms with E-state index in [0.717, 1.165) is 11.1 Å². The van der Waals surface area contributed by atoms with E-state index in [1.807, 2.05) is 38.1 Å². The molecule has 1 heterocycles. The van der Waals surface area contributed by atoms with Crippen LogP contribution in [0.1, 0.15) is 29.3 Å². The highest BCUT2D eigenvalue weighted by molar-refractivity contribution is 6.39. The molecule has 0 radical (unpaired) electrons. The molecule has 0 saturated carbocycles. The van der Waals surface area contributed by atoms with Crippen molar-refractivity contribution >= 4 is 23.7 Å². The van der Waals surface area contributed by atoms with Crippen molar-refractivity contribution in [1.29, 1.82) is 0 Å². The van der Waals surface area contributed by atoms with Gasteiger partial charge < -0.3 is 14.8 Å². The van der Waals surface area contributed by atoms with Crippen molar-refractivity contribution in [2.75, 3.05) is 11.9 Å². The molecule has 0 bridgehead atoms. The lowest BCUT2D eigenvalue weighted by atomic mass is 10.1. The molecule has 3 aromatic carbocycles. The van der Waals surface area contributed by atoms with Crippen LogP contribution in [0.4, 0.5) is 5.69 Å². The lowest BCUT2D eigenvalue weighted by Gasteiger charge is -2.13. The smallest absolute Gasteiger partial charge is 0.329 e. The fourth-order valence-electron chi connectivity index (χ4n) is 4.05. The van der Waals surface area contributed by atoms with Gasteiger partial charge in [0.2, 0.25) is 0 Å². The number of amides is 2. The number of carbonyl (C=O) groups is 2. The van der Waals surface area contributed by atoms with Crippen molar-refractivity contribution < 1.29 is 19.1 Å². The number of aromatic nitrogens is 2. The zero-order valence-corrected chi connectivity index (χ0v) is 22.8. The lowest BCUT2D eigenvalue weighted by molar-refractivity contribution is -0.136. The van der Waals surface area contributed by atoms with Gasteiger partial charge in [-0.2, -0.15) is 5.10 Å². The van der Waals surface area contributed by atoms with E-state index in [9.17, 15) is 14.4 Å². The molecule has 2 amide bonds. The van der Waals surface area contributed by atoms with Crippen LogP contribution in [0.5, 0.6) is 11.5 Å². The average Bonchev–Trinajstić information content (AvgIpc) is 3.16. The van der Waals surface area contributed by atoms with Crippen LogP contribution in [0.25, 0.3) is 5.69 Å². The number of hydrazone groups is 1. The van der Waals surface area contributed by atoms with Crippen molar-refractivity contribution in [3.8, 4) is 17.2 Å². The maximum absolute atomic E-state index is 13.0. The highest BCUT2D eigenvalue weighted by Gasteiger charge is 2.21. The van der Waals surface area contributed by atoms with Gasteiger partial charge in [-0.3, -0.25) is 19.1 Å². The number of hydrogen-bond acceptors (Lipinski definition) is 6. The molecule has 10 heteroatoms. The Bertz CT molecular complexity index is 1600. The summed E-state index contributed by atoms with van der Waals surface area (Å²) in [5.74, 6) is -0.938. The van der Waals surface area contributed by atoms with Gasteiger partial charge in [-0.15, -0.1) is 0 Å². The van der Waals surface area contributed by atoms with E-state index in [-0.39, 0.29) is 5.69 Å². The third-order valence-corrected chi connectivity index (χ3v) is 6.12. The van der Waals surface area contributed by atoms with Gasteiger partial charge in [-0.25, -0.2) is 10.1 Å². The van der Waals surface area contributed by atoms with Gasteiger partial charge in [0, 0.05) is 7.05 Å². The highest BCUT2D eigenvalue weighted by Crippen LogP contribution is 2.29. The molecule has 1 aromatic heterocycles. The Balaban J connectivity index is 1.40. The zero-order chi connectivity index (χ0) is 28.6. The summed E-state index contributed by atoms with van der Waals surface area (Å²) in [4.78, 5) is 37.9. The molecule has 0 aliphatic rings. The molecule has 4 rings (SSSR count). The number of nitrogens with zero attached hydrogens (tertiary/aromatic N) is 3. The van der Waals surface area contributed by atoms with E-state index in [2.05, 4.69) is 21.9 Å². The number of ether oxygens (including phenoxy) is 2. The number of anilines is 1. The van der Waals surface area contributed by atoms with Crippen molar-refractivity contribution in [3.05, 3.63) is 106 Å². The Morgan fingerprint density at radius 1 is 0.925 bits per heavy atom. The summed E-state index contributed by atoms with van der Waals surface area (Å²) in [6.07, 6.45) is 1.38. The van der Waals surface area contributed by atoms with Gasteiger partial charge in [0.25, 0.3) is 5.56 Å². The SMILES string of the molecule is CCOc1cc(/C=N/NC(=O)C(=O)Nc2c(C)n(C)n(-c3ccccc3)c2=O)ccc1OCc1cccc(C)c1. The van der Waals surface area contributed by atoms with Crippen LogP contribution in [0, 0.1) is 13.8 Å². The third-order valence-electron chi connectivity index (χ3n) is 6.12. The van der Waals surface area contributed by atoms with Crippen LogP contribution >= 0.6 is 0 Å². The Morgan fingerprint density at radius 2 is 1.70 bits per heavy atom. The molecule has 2 N–H and O–H groups in total. The predicted octanol–water partition coefficient (Wildman–Crippen LogP) is 3.86. The standard InChI is InChI=1S/C30H31N5O5/c1-5-39-26-17-22(14-15-25(26)40-19-23-11-9-10-20(2)16-23)18-31-33-29(37)28(36)32-27-21(3)34(4)35(30(27)38)24-12-7-6-8-13-24/h6-18H,5,19H2,1-4H3,(H,32,36)(H,33,37)/b31-18+. The summed E-state index contributed by atoms with van der Waals surface area (Å²) in [7, 11) is 1.69. The minimum absolute atomic E-state index is 0.0121. The Hall–Kier alpha value is -5.12. The van der Waals surface area contributed by atoms with Crippen molar-refractivity contribution in [2.45, 2.75) is 27.4 Å². The monoisotopic (exact) mass is 541 g/mol. The normalized spacial score (nSPS) is 10.9. The Morgan fingerprint density at radius 3 is 2.42 bits per heavy atom. The van der Waals surface area contributed by atoms with Crippen molar-refractivity contribution in [3.63, 3.8) is 0 Å². The third kappa shape index (κ3) is 6.47. The van der Waals surface area contributed by atoms with Gasteiger partial charge in [-0.1, -0.05) is 48.0 Å². The van der Waals surface area contributed by atoms with Crippen LogP contribution in [-0.2, 0) is 23.2 Å². The average molecular weight is 542 g/mol. The number of carbonyl (C=O) groups excluding carboxylic acids is 2. The molecular formula is C30H31N5O5. The van der Waals surface area contributed by atoms with E-state index in [0.29, 0.717) is 41.7 Å². The zero-order valence-electron chi connectivity index (χ0n) is 22.8. The van der Waals surface area contributed by atoms with E-state index >= 15 is 0 Å². The Kier molecular flexibility index (Phi) is 8.80. The van der Waals surface area contributed by atoms with Crippen LogP contribution < -0.4 is 25.8 Å². The topological polar surface area (TPSA) is 116 Å². The minimum atomic E-state index is -1.02. The molecule has 40 heavy (non-hydrogen) atoms. The first-order chi connectivity index (χ1) is 19.3. The van der Waals surface area contributed by atoms with E-state index in [1.54, 1.807) is 61.1 Å². The summed E-state index contributed by atoms with van der Waals surface area (Å²) < 4.78 is 14.7. The first-order valence-corrected chi connectivity index (χ1v) is 12.7. The number of benzene rings is 3. The van der Waals surface area contributed by atoms with Crippen LogP contribution in [-0.4, -0.2) is 34.0 Å². The van der Waals surface area contributed by atoms with E-state index in [1.165, 1.54) is 10.9 Å².